The Morgan fingerprint density at radius 3 is 3.00 bits per heavy atom. The van der Waals surface area contributed by atoms with Gasteiger partial charge in [-0.3, -0.25) is 4.68 Å². The van der Waals surface area contributed by atoms with Crippen LogP contribution >= 0.6 is 0 Å². The summed E-state index contributed by atoms with van der Waals surface area (Å²) in [4.78, 5) is 2.18. The van der Waals surface area contributed by atoms with Crippen LogP contribution in [0, 0.1) is 5.92 Å². The van der Waals surface area contributed by atoms with Crippen LogP contribution < -0.4 is 10.1 Å². The van der Waals surface area contributed by atoms with Crippen LogP contribution in [0.5, 0.6) is 5.75 Å². The minimum Gasteiger partial charge on any atom is -0.493 e. The van der Waals surface area contributed by atoms with Gasteiger partial charge in [0.25, 0.3) is 0 Å². The Hall–Kier alpha value is -1.07. The van der Waals surface area contributed by atoms with Crippen LogP contribution in [0.15, 0.2) is 6.20 Å². The zero-order chi connectivity index (χ0) is 13.7. The first-order chi connectivity index (χ1) is 9.20. The fourth-order valence-electron chi connectivity index (χ4n) is 2.63. The second-order valence-corrected chi connectivity index (χ2v) is 5.60. The summed E-state index contributed by atoms with van der Waals surface area (Å²) < 4.78 is 7.56. The number of hydrogen-bond donors (Lipinski definition) is 1. The quantitative estimate of drug-likeness (QED) is 0.834. The summed E-state index contributed by atoms with van der Waals surface area (Å²) in [6, 6.07) is 0. The molecule has 1 N–H and O–H groups in total. The van der Waals surface area contributed by atoms with Gasteiger partial charge in [0, 0.05) is 6.54 Å². The van der Waals surface area contributed by atoms with Gasteiger partial charge in [-0.2, -0.15) is 5.10 Å². The number of nitrogens with zero attached hydrogens (tertiary/aromatic N) is 3. The highest BCUT2D eigenvalue weighted by Gasteiger charge is 2.19. The number of ether oxygens (including phenoxy) is 1. The molecule has 1 aromatic heterocycles. The number of hydrogen-bond acceptors (Lipinski definition) is 4. The third-order valence-corrected chi connectivity index (χ3v) is 3.77. The van der Waals surface area contributed by atoms with E-state index < -0.39 is 0 Å². The number of rotatable bonds is 6. The van der Waals surface area contributed by atoms with E-state index in [-0.39, 0.29) is 0 Å². The number of methoxy groups -OCH3 is 1. The van der Waals surface area contributed by atoms with Gasteiger partial charge < -0.3 is 15.0 Å². The van der Waals surface area contributed by atoms with Crippen molar-refractivity contribution in [1.82, 2.24) is 20.0 Å². The standard InChI is InChI=1S/C14H26N4O/c1-17(2)7-8-18-13(14(19-3)11-16-18)9-12-5-4-6-15-10-12/h11-12,15H,4-10H2,1-3H3. The molecular weight excluding hydrogens is 240 g/mol. The Bertz CT molecular complexity index is 383. The van der Waals surface area contributed by atoms with Gasteiger partial charge in [0.05, 0.1) is 25.5 Å². The van der Waals surface area contributed by atoms with Gasteiger partial charge in [0.15, 0.2) is 5.75 Å². The first-order valence-corrected chi connectivity index (χ1v) is 7.15. The smallest absolute Gasteiger partial charge is 0.159 e. The predicted molar refractivity (Wildman–Crippen MR) is 76.6 cm³/mol. The first-order valence-electron chi connectivity index (χ1n) is 7.15. The molecule has 0 aromatic carbocycles. The molecule has 0 radical (unpaired) electrons. The molecule has 2 heterocycles. The van der Waals surface area contributed by atoms with Crippen LogP contribution in [0.25, 0.3) is 0 Å². The molecule has 2 rings (SSSR count). The van der Waals surface area contributed by atoms with Gasteiger partial charge in [-0.05, 0) is 52.4 Å². The summed E-state index contributed by atoms with van der Waals surface area (Å²) in [7, 11) is 5.91. The van der Waals surface area contributed by atoms with Crippen molar-refractivity contribution in [3.8, 4) is 5.75 Å². The molecule has 1 aliphatic rings. The van der Waals surface area contributed by atoms with Crippen LogP contribution in [0.1, 0.15) is 18.5 Å². The lowest BCUT2D eigenvalue weighted by molar-refractivity contribution is 0.340. The zero-order valence-electron chi connectivity index (χ0n) is 12.4. The normalized spacial score (nSPS) is 19.9. The van der Waals surface area contributed by atoms with Crippen LogP contribution in [-0.2, 0) is 13.0 Å². The number of piperidine rings is 1. The lowest BCUT2D eigenvalue weighted by Gasteiger charge is -2.23. The molecule has 5 heteroatoms. The predicted octanol–water partition coefficient (Wildman–Crippen LogP) is 0.995. The molecule has 0 aliphatic carbocycles. The second-order valence-electron chi connectivity index (χ2n) is 5.60. The summed E-state index contributed by atoms with van der Waals surface area (Å²) in [5.41, 5.74) is 1.25. The molecule has 108 valence electrons. The third kappa shape index (κ3) is 3.94. The van der Waals surface area contributed by atoms with Gasteiger partial charge in [-0.1, -0.05) is 0 Å². The van der Waals surface area contributed by atoms with E-state index in [1.807, 2.05) is 6.20 Å². The Balaban J connectivity index is 2.04. The van der Waals surface area contributed by atoms with Crippen molar-refractivity contribution in [3.63, 3.8) is 0 Å². The topological polar surface area (TPSA) is 42.3 Å². The van der Waals surface area contributed by atoms with Gasteiger partial charge in [-0.15, -0.1) is 0 Å². The largest absolute Gasteiger partial charge is 0.493 e. The number of nitrogens with one attached hydrogen (secondary N) is 1. The van der Waals surface area contributed by atoms with Crippen LogP contribution in [-0.4, -0.2) is 55.5 Å². The van der Waals surface area contributed by atoms with E-state index in [9.17, 15) is 0 Å². The molecule has 0 saturated carbocycles. The van der Waals surface area contributed by atoms with Crippen molar-refractivity contribution < 1.29 is 4.74 Å². The molecule has 0 amide bonds. The summed E-state index contributed by atoms with van der Waals surface area (Å²) in [5.74, 6) is 1.64. The maximum Gasteiger partial charge on any atom is 0.159 e. The number of aromatic nitrogens is 2. The summed E-state index contributed by atoms with van der Waals surface area (Å²) in [6.45, 7) is 4.20. The minimum atomic E-state index is 0.706. The summed E-state index contributed by atoms with van der Waals surface area (Å²) in [5, 5.41) is 7.94. The molecule has 19 heavy (non-hydrogen) atoms. The van der Waals surface area contributed by atoms with E-state index in [2.05, 4.69) is 34.1 Å². The molecule has 1 fully saturated rings. The van der Waals surface area contributed by atoms with Crippen molar-refractivity contribution in [2.45, 2.75) is 25.8 Å². The van der Waals surface area contributed by atoms with Crippen LogP contribution in [0.2, 0.25) is 0 Å². The van der Waals surface area contributed by atoms with Gasteiger partial charge in [-0.25, -0.2) is 0 Å². The Morgan fingerprint density at radius 2 is 2.37 bits per heavy atom. The van der Waals surface area contributed by atoms with Crippen molar-refractivity contribution in [3.05, 3.63) is 11.9 Å². The van der Waals surface area contributed by atoms with Crippen molar-refractivity contribution >= 4 is 0 Å². The van der Waals surface area contributed by atoms with Gasteiger partial charge in [0.2, 0.25) is 0 Å². The molecule has 5 nitrogen and oxygen atoms in total. The fraction of sp³-hybridized carbons (Fsp3) is 0.786. The Morgan fingerprint density at radius 1 is 1.53 bits per heavy atom. The molecule has 1 unspecified atom stereocenters. The van der Waals surface area contributed by atoms with Gasteiger partial charge >= 0.3 is 0 Å². The third-order valence-electron chi connectivity index (χ3n) is 3.77. The molecule has 1 aliphatic heterocycles. The maximum atomic E-state index is 5.46. The molecule has 0 spiro atoms. The number of likely N-dealkylation sites (N-methyl/N-ethyl adjacent to an activating group) is 1. The molecule has 1 aromatic rings. The molecule has 0 bridgehead atoms. The maximum absolute atomic E-state index is 5.46. The summed E-state index contributed by atoms with van der Waals surface area (Å²) in [6.07, 6.45) is 5.48. The van der Waals surface area contributed by atoms with Gasteiger partial charge in [0.1, 0.15) is 0 Å². The Kier molecular flexibility index (Phi) is 5.22. The lowest BCUT2D eigenvalue weighted by Crippen LogP contribution is -2.31. The fourth-order valence-corrected chi connectivity index (χ4v) is 2.63. The van der Waals surface area contributed by atoms with Crippen LogP contribution in [0.4, 0.5) is 0 Å². The average molecular weight is 266 g/mol. The highest BCUT2D eigenvalue weighted by atomic mass is 16.5. The van der Waals surface area contributed by atoms with E-state index in [0.29, 0.717) is 5.92 Å². The van der Waals surface area contributed by atoms with Crippen molar-refractivity contribution in [2.24, 2.45) is 5.92 Å². The summed E-state index contributed by atoms with van der Waals surface area (Å²) >= 11 is 0. The van der Waals surface area contributed by atoms with Crippen molar-refractivity contribution in [2.75, 3.05) is 40.8 Å². The molecular formula is C14H26N4O. The second kappa shape index (κ2) is 6.91. The molecule has 1 atom stereocenters. The highest BCUT2D eigenvalue weighted by molar-refractivity contribution is 5.25. The lowest BCUT2D eigenvalue weighted by atomic mass is 9.94. The highest BCUT2D eigenvalue weighted by Crippen LogP contribution is 2.24. The monoisotopic (exact) mass is 266 g/mol. The van der Waals surface area contributed by atoms with E-state index >= 15 is 0 Å². The van der Waals surface area contributed by atoms with Crippen LogP contribution in [0.3, 0.4) is 0 Å². The minimum absolute atomic E-state index is 0.706. The SMILES string of the molecule is COc1cnn(CCN(C)C)c1CC1CCCNC1. The first kappa shape index (κ1) is 14.3. The van der Waals surface area contributed by atoms with Crippen molar-refractivity contribution in [1.29, 1.82) is 0 Å². The Labute approximate surface area is 115 Å². The zero-order valence-corrected chi connectivity index (χ0v) is 12.4. The average Bonchev–Trinajstić information content (AvgIpc) is 2.80. The van der Waals surface area contributed by atoms with E-state index in [1.165, 1.54) is 18.5 Å². The van der Waals surface area contributed by atoms with E-state index in [0.717, 1.165) is 38.3 Å². The van der Waals surface area contributed by atoms with E-state index in [1.54, 1.807) is 7.11 Å². The molecule has 1 saturated heterocycles. The van der Waals surface area contributed by atoms with E-state index in [4.69, 9.17) is 4.74 Å².